The molecule has 2 fully saturated rings. The molecule has 2 aliphatic heterocycles. The Hall–Kier alpha value is -3.07. The first-order valence-corrected chi connectivity index (χ1v) is 11.0. The molecule has 0 radical (unpaired) electrons. The third kappa shape index (κ3) is 4.51. The lowest BCUT2D eigenvalue weighted by atomic mass is 10.2. The highest BCUT2D eigenvalue weighted by molar-refractivity contribution is 5.89. The maximum absolute atomic E-state index is 12.3. The van der Waals surface area contributed by atoms with Crippen molar-refractivity contribution >= 4 is 17.7 Å². The molecule has 2 amide bonds. The zero-order valence-corrected chi connectivity index (χ0v) is 17.5. The van der Waals surface area contributed by atoms with Crippen LogP contribution in [0.15, 0.2) is 36.7 Å². The van der Waals surface area contributed by atoms with Crippen molar-refractivity contribution in [3.8, 4) is 11.5 Å². The number of aromatic nitrogens is 2. The number of anilines is 2. The topological polar surface area (TPSA) is 91.9 Å². The lowest BCUT2D eigenvalue weighted by molar-refractivity contribution is -0.0716. The monoisotopic (exact) mass is 424 g/mol. The summed E-state index contributed by atoms with van der Waals surface area (Å²) in [5.74, 6) is 1.76. The van der Waals surface area contributed by atoms with Crippen molar-refractivity contribution < 1.29 is 14.3 Å². The van der Waals surface area contributed by atoms with Crippen LogP contribution < -0.4 is 25.0 Å². The third-order valence-electron chi connectivity index (χ3n) is 6.08. The van der Waals surface area contributed by atoms with E-state index >= 15 is 0 Å². The molecule has 1 saturated heterocycles. The Morgan fingerprint density at radius 3 is 2.55 bits per heavy atom. The molecule has 1 aromatic carbocycles. The van der Waals surface area contributed by atoms with E-state index in [9.17, 15) is 4.79 Å². The summed E-state index contributed by atoms with van der Waals surface area (Å²) in [6.07, 6.45) is 7.61. The van der Waals surface area contributed by atoms with E-state index in [0.717, 1.165) is 70.1 Å². The molecule has 2 N–H and O–H groups in total. The van der Waals surface area contributed by atoms with Crippen LogP contribution in [0.25, 0.3) is 0 Å². The Labute approximate surface area is 181 Å². The van der Waals surface area contributed by atoms with Crippen molar-refractivity contribution in [1.82, 2.24) is 20.2 Å². The summed E-state index contributed by atoms with van der Waals surface area (Å²) in [5, 5.41) is 5.82. The Balaban J connectivity index is 1.04. The van der Waals surface area contributed by atoms with Gasteiger partial charge in [-0.1, -0.05) is 0 Å². The van der Waals surface area contributed by atoms with Crippen LogP contribution in [0.3, 0.4) is 0 Å². The van der Waals surface area contributed by atoms with E-state index < -0.39 is 5.79 Å². The summed E-state index contributed by atoms with van der Waals surface area (Å²) >= 11 is 0. The van der Waals surface area contributed by atoms with E-state index in [-0.39, 0.29) is 6.03 Å². The number of nitrogens with zero attached hydrogens (tertiary/aromatic N) is 4. The second-order valence-corrected chi connectivity index (χ2v) is 8.24. The number of benzene rings is 1. The molecule has 9 heteroatoms. The highest BCUT2D eigenvalue weighted by Gasteiger charge is 2.44. The summed E-state index contributed by atoms with van der Waals surface area (Å²) in [4.78, 5) is 25.4. The number of fused-ring (bicyclic) bond motifs is 1. The first kappa shape index (κ1) is 19.9. The predicted molar refractivity (Wildman–Crippen MR) is 117 cm³/mol. The molecule has 9 nitrogen and oxygen atoms in total. The molecule has 1 aliphatic carbocycles. The largest absolute Gasteiger partial charge is 0.448 e. The summed E-state index contributed by atoms with van der Waals surface area (Å²) in [6.45, 7) is 5.00. The first-order chi connectivity index (χ1) is 15.2. The molecule has 0 unspecified atom stereocenters. The fourth-order valence-corrected chi connectivity index (χ4v) is 4.42. The zero-order valence-electron chi connectivity index (χ0n) is 17.5. The minimum absolute atomic E-state index is 0.217. The molecule has 31 heavy (non-hydrogen) atoms. The van der Waals surface area contributed by atoms with Gasteiger partial charge in [0.15, 0.2) is 11.5 Å². The molecule has 2 aromatic rings. The average molecular weight is 425 g/mol. The molecular formula is C22H28N6O3. The number of hydrogen-bond donors (Lipinski definition) is 2. The highest BCUT2D eigenvalue weighted by atomic mass is 16.7. The van der Waals surface area contributed by atoms with E-state index in [1.54, 1.807) is 12.4 Å². The second-order valence-electron chi connectivity index (χ2n) is 8.24. The first-order valence-electron chi connectivity index (χ1n) is 11.0. The van der Waals surface area contributed by atoms with Crippen LogP contribution in [0.2, 0.25) is 0 Å². The van der Waals surface area contributed by atoms with Gasteiger partial charge in [0.05, 0.1) is 0 Å². The van der Waals surface area contributed by atoms with E-state index in [0.29, 0.717) is 18.0 Å². The molecule has 0 atom stereocenters. The van der Waals surface area contributed by atoms with Crippen molar-refractivity contribution in [3.63, 3.8) is 0 Å². The quantitative estimate of drug-likeness (QED) is 0.762. The van der Waals surface area contributed by atoms with Crippen LogP contribution in [-0.2, 0) is 0 Å². The third-order valence-corrected chi connectivity index (χ3v) is 6.08. The van der Waals surface area contributed by atoms with Crippen molar-refractivity contribution in [2.75, 3.05) is 49.5 Å². The number of carbonyl (C=O) groups excluding carboxylic acids is 1. The van der Waals surface area contributed by atoms with Gasteiger partial charge in [-0.05, 0) is 31.0 Å². The lowest BCUT2D eigenvalue weighted by Crippen LogP contribution is -2.49. The number of urea groups is 1. The predicted octanol–water partition coefficient (Wildman–Crippen LogP) is 2.46. The number of ether oxygens (including phenoxy) is 2. The van der Waals surface area contributed by atoms with Gasteiger partial charge in [0.2, 0.25) is 5.95 Å². The van der Waals surface area contributed by atoms with Crippen LogP contribution in [0.4, 0.5) is 16.4 Å². The minimum Gasteiger partial charge on any atom is -0.448 e. The van der Waals surface area contributed by atoms with Gasteiger partial charge in [0.1, 0.15) is 0 Å². The zero-order chi connectivity index (χ0) is 21.1. The molecule has 0 bridgehead atoms. The number of carbonyl (C=O) groups is 1. The maximum atomic E-state index is 12.3. The van der Waals surface area contributed by atoms with Gasteiger partial charge in [0, 0.05) is 76.3 Å². The fourth-order valence-electron chi connectivity index (χ4n) is 4.42. The summed E-state index contributed by atoms with van der Waals surface area (Å²) in [5.41, 5.74) is 0.700. The van der Waals surface area contributed by atoms with E-state index in [4.69, 9.17) is 9.47 Å². The average Bonchev–Trinajstić information content (AvgIpc) is 3.40. The summed E-state index contributed by atoms with van der Waals surface area (Å²) in [6, 6.07) is 7.17. The Kier molecular flexibility index (Phi) is 5.50. The number of rotatable bonds is 5. The van der Waals surface area contributed by atoms with Gasteiger partial charge >= 0.3 is 6.03 Å². The van der Waals surface area contributed by atoms with E-state index in [1.165, 1.54) is 0 Å². The Morgan fingerprint density at radius 1 is 1.03 bits per heavy atom. The van der Waals surface area contributed by atoms with Crippen LogP contribution in [-0.4, -0.2) is 66.0 Å². The van der Waals surface area contributed by atoms with Gasteiger partial charge in [-0.2, -0.15) is 0 Å². The number of amides is 2. The SMILES string of the molecule is O=C(NCCN1CCN(c2ncccn2)CC1)Nc1ccc2c(c1)OC1(CCCC1)O2. The standard InChI is InChI=1S/C22H28N6O3/c29-21(25-10-11-27-12-14-28(15-13-27)20-23-8-3-9-24-20)26-17-4-5-18-19(16-17)31-22(30-18)6-1-2-7-22/h3-5,8-9,16H,1-2,6-7,10-15H2,(H2,25,26,29). The number of hydrogen-bond acceptors (Lipinski definition) is 7. The molecule has 1 saturated carbocycles. The highest BCUT2D eigenvalue weighted by Crippen LogP contribution is 2.47. The normalized spacial score (nSPS) is 19.5. The maximum Gasteiger partial charge on any atom is 0.319 e. The molecule has 1 spiro atoms. The fraction of sp³-hybridized carbons (Fsp3) is 0.500. The van der Waals surface area contributed by atoms with Gasteiger partial charge in [-0.15, -0.1) is 0 Å². The van der Waals surface area contributed by atoms with Crippen molar-refractivity contribution in [2.24, 2.45) is 0 Å². The van der Waals surface area contributed by atoms with Crippen molar-refractivity contribution in [3.05, 3.63) is 36.7 Å². The number of nitrogens with one attached hydrogen (secondary N) is 2. The van der Waals surface area contributed by atoms with E-state index in [2.05, 4.69) is 30.4 Å². The van der Waals surface area contributed by atoms with Crippen LogP contribution in [0, 0.1) is 0 Å². The van der Waals surface area contributed by atoms with Crippen molar-refractivity contribution in [1.29, 1.82) is 0 Å². The lowest BCUT2D eigenvalue weighted by Gasteiger charge is -2.34. The van der Waals surface area contributed by atoms with Crippen LogP contribution >= 0.6 is 0 Å². The second kappa shape index (κ2) is 8.58. The van der Waals surface area contributed by atoms with Gasteiger partial charge in [-0.3, -0.25) is 4.90 Å². The summed E-state index contributed by atoms with van der Waals surface area (Å²) in [7, 11) is 0. The van der Waals surface area contributed by atoms with Gasteiger partial charge < -0.3 is 25.0 Å². The van der Waals surface area contributed by atoms with Gasteiger partial charge in [-0.25, -0.2) is 14.8 Å². The van der Waals surface area contributed by atoms with Crippen LogP contribution in [0.5, 0.6) is 11.5 Å². The number of piperazine rings is 1. The smallest absolute Gasteiger partial charge is 0.319 e. The summed E-state index contributed by atoms with van der Waals surface area (Å²) < 4.78 is 12.1. The van der Waals surface area contributed by atoms with Crippen LogP contribution in [0.1, 0.15) is 25.7 Å². The van der Waals surface area contributed by atoms with E-state index in [1.807, 2.05) is 24.3 Å². The molecule has 1 aromatic heterocycles. The molecule has 5 rings (SSSR count). The molecule has 164 valence electrons. The molecule has 3 aliphatic rings. The molecular weight excluding hydrogens is 396 g/mol. The minimum atomic E-state index is -0.486. The molecule has 3 heterocycles. The van der Waals surface area contributed by atoms with Crippen molar-refractivity contribution in [2.45, 2.75) is 31.5 Å². The van der Waals surface area contributed by atoms with Gasteiger partial charge in [0.25, 0.3) is 5.79 Å². The Bertz CT molecular complexity index is 911. The Morgan fingerprint density at radius 2 is 1.77 bits per heavy atom.